The molecule has 7 nitrogen and oxygen atoms in total. The number of unbranched alkanes of at least 4 members (excludes halogenated alkanes) is 1. The first kappa shape index (κ1) is 23.3. The number of halogens is 2. The van der Waals surface area contributed by atoms with Crippen molar-refractivity contribution in [3.8, 4) is 5.75 Å². The highest BCUT2D eigenvalue weighted by atomic mass is 19.1. The van der Waals surface area contributed by atoms with E-state index in [1.165, 1.54) is 37.3 Å². The molecule has 0 spiro atoms. The summed E-state index contributed by atoms with van der Waals surface area (Å²) in [6.45, 7) is 0.988. The van der Waals surface area contributed by atoms with Crippen LogP contribution >= 0.6 is 0 Å². The molecule has 0 aromatic heterocycles. The molecule has 9 heteroatoms. The molecule has 0 bridgehead atoms. The number of aryl methyl sites for hydroxylation is 1. The Morgan fingerprint density at radius 1 is 1.12 bits per heavy atom. The molecule has 1 heterocycles. The summed E-state index contributed by atoms with van der Waals surface area (Å²) in [5, 5.41) is 13.8. The lowest BCUT2D eigenvalue weighted by molar-refractivity contribution is -0.124. The number of Topliss-reactive ketones (excluding diaryl/α,β-unsaturated/α-hetero) is 1. The molecule has 2 aromatic rings. The molecule has 1 aliphatic heterocycles. The molecule has 3 amide bonds. The zero-order chi connectivity index (χ0) is 23.3. The highest BCUT2D eigenvalue weighted by molar-refractivity contribution is 6.07. The van der Waals surface area contributed by atoms with Crippen LogP contribution in [0.3, 0.4) is 0 Å². The van der Waals surface area contributed by atoms with Crippen molar-refractivity contribution < 1.29 is 33.0 Å². The van der Waals surface area contributed by atoms with E-state index in [-0.39, 0.29) is 36.7 Å². The van der Waals surface area contributed by atoms with Crippen molar-refractivity contribution in [2.45, 2.75) is 38.1 Å². The number of imide groups is 1. The lowest BCUT2D eigenvalue weighted by atomic mass is 9.84. The average molecular weight is 446 g/mol. The first-order valence-corrected chi connectivity index (χ1v) is 10.2. The first-order chi connectivity index (χ1) is 15.3. The minimum absolute atomic E-state index is 0.0516. The standard InChI is InChI=1S/C23H24F2N2O5/c1-14(29)18-13-19(25)20(32-11-10-28)12-15(18)4-2-3-9-23(21(30)26-22(31)27-23)16-5-7-17(24)8-6-16/h5-8,12-13,28H,2-4,9-11H2,1H3,(H2,26,27,30,31). The Balaban J connectivity index is 1.75. The van der Waals surface area contributed by atoms with Gasteiger partial charge in [-0.15, -0.1) is 0 Å². The average Bonchev–Trinajstić information content (AvgIpc) is 3.05. The van der Waals surface area contributed by atoms with Crippen LogP contribution in [0.1, 0.15) is 47.7 Å². The van der Waals surface area contributed by atoms with E-state index >= 15 is 0 Å². The summed E-state index contributed by atoms with van der Waals surface area (Å²) in [5.74, 6) is -2.00. The van der Waals surface area contributed by atoms with Gasteiger partial charge in [-0.05, 0) is 68.0 Å². The Hall–Kier alpha value is -3.33. The van der Waals surface area contributed by atoms with E-state index in [4.69, 9.17) is 9.84 Å². The molecule has 170 valence electrons. The van der Waals surface area contributed by atoms with Crippen molar-refractivity contribution in [2.75, 3.05) is 13.2 Å². The molecule has 3 rings (SSSR count). The molecule has 1 unspecified atom stereocenters. The molecule has 0 saturated carbocycles. The predicted octanol–water partition coefficient (Wildman–Crippen LogP) is 2.99. The summed E-state index contributed by atoms with van der Waals surface area (Å²) < 4.78 is 32.7. The van der Waals surface area contributed by atoms with Gasteiger partial charge in [-0.25, -0.2) is 13.6 Å². The van der Waals surface area contributed by atoms with Crippen molar-refractivity contribution in [3.63, 3.8) is 0 Å². The molecule has 3 N–H and O–H groups in total. The second-order valence-electron chi connectivity index (χ2n) is 7.60. The fraction of sp³-hybridized carbons (Fsp3) is 0.348. The maximum atomic E-state index is 14.2. The number of carbonyl (C=O) groups excluding carboxylic acids is 3. The lowest BCUT2D eigenvalue weighted by Crippen LogP contribution is -2.43. The zero-order valence-electron chi connectivity index (χ0n) is 17.5. The molecule has 1 aliphatic rings. The van der Waals surface area contributed by atoms with Crippen LogP contribution in [0.2, 0.25) is 0 Å². The quantitative estimate of drug-likeness (QED) is 0.296. The summed E-state index contributed by atoms with van der Waals surface area (Å²) in [4.78, 5) is 36.3. The number of ether oxygens (including phenoxy) is 1. The van der Waals surface area contributed by atoms with Gasteiger partial charge in [0, 0.05) is 5.56 Å². The number of hydrogen-bond acceptors (Lipinski definition) is 5. The molecule has 0 aliphatic carbocycles. The number of ketones is 1. The smallest absolute Gasteiger partial charge is 0.322 e. The molecule has 1 atom stereocenters. The summed E-state index contributed by atoms with van der Waals surface area (Å²) in [6, 6.07) is 7.30. The number of hydrogen-bond donors (Lipinski definition) is 3. The normalized spacial score (nSPS) is 17.8. The molecule has 0 radical (unpaired) electrons. The van der Waals surface area contributed by atoms with Crippen LogP contribution < -0.4 is 15.4 Å². The van der Waals surface area contributed by atoms with Crippen molar-refractivity contribution in [2.24, 2.45) is 0 Å². The molecular weight excluding hydrogens is 422 g/mol. The summed E-state index contributed by atoms with van der Waals surface area (Å²) in [7, 11) is 0. The Bertz CT molecular complexity index is 1030. The van der Waals surface area contributed by atoms with Crippen LogP contribution in [0.15, 0.2) is 36.4 Å². The fourth-order valence-electron chi connectivity index (χ4n) is 3.85. The molecular formula is C23H24F2N2O5. The van der Waals surface area contributed by atoms with Gasteiger partial charge in [-0.1, -0.05) is 12.1 Å². The van der Waals surface area contributed by atoms with Gasteiger partial charge in [0.05, 0.1) is 6.61 Å². The Morgan fingerprint density at radius 3 is 2.44 bits per heavy atom. The zero-order valence-corrected chi connectivity index (χ0v) is 17.5. The number of benzene rings is 2. The summed E-state index contributed by atoms with van der Waals surface area (Å²) >= 11 is 0. The largest absolute Gasteiger partial charge is 0.488 e. The van der Waals surface area contributed by atoms with Gasteiger partial charge >= 0.3 is 6.03 Å². The van der Waals surface area contributed by atoms with E-state index in [0.29, 0.717) is 30.4 Å². The third-order valence-electron chi connectivity index (χ3n) is 5.41. The van der Waals surface area contributed by atoms with Crippen LogP contribution in [0, 0.1) is 11.6 Å². The van der Waals surface area contributed by atoms with E-state index < -0.39 is 29.1 Å². The maximum Gasteiger partial charge on any atom is 0.322 e. The van der Waals surface area contributed by atoms with Gasteiger partial charge in [0.15, 0.2) is 17.3 Å². The number of amides is 3. The van der Waals surface area contributed by atoms with E-state index in [9.17, 15) is 23.2 Å². The van der Waals surface area contributed by atoms with E-state index in [1.54, 1.807) is 0 Å². The Morgan fingerprint density at radius 2 is 1.84 bits per heavy atom. The summed E-state index contributed by atoms with van der Waals surface area (Å²) in [5.41, 5.74) is -0.0263. The van der Waals surface area contributed by atoms with Crippen molar-refractivity contribution >= 4 is 17.7 Å². The molecule has 1 saturated heterocycles. The van der Waals surface area contributed by atoms with Gasteiger partial charge < -0.3 is 15.2 Å². The Labute approximate surface area is 183 Å². The van der Waals surface area contributed by atoms with Crippen LogP contribution in [-0.4, -0.2) is 36.0 Å². The highest BCUT2D eigenvalue weighted by Gasteiger charge is 2.47. The second-order valence-corrected chi connectivity index (χ2v) is 7.60. The van der Waals surface area contributed by atoms with E-state index in [0.717, 1.165) is 6.07 Å². The van der Waals surface area contributed by atoms with E-state index in [1.807, 2.05) is 0 Å². The number of aliphatic hydroxyl groups is 1. The molecule has 2 aromatic carbocycles. The first-order valence-electron chi connectivity index (χ1n) is 10.2. The monoisotopic (exact) mass is 446 g/mol. The third-order valence-corrected chi connectivity index (χ3v) is 5.41. The third kappa shape index (κ3) is 4.94. The minimum atomic E-state index is -1.31. The van der Waals surface area contributed by atoms with Crippen molar-refractivity contribution in [3.05, 3.63) is 64.7 Å². The topological polar surface area (TPSA) is 105 Å². The number of rotatable bonds is 10. The van der Waals surface area contributed by atoms with Crippen LogP contribution in [0.5, 0.6) is 5.75 Å². The van der Waals surface area contributed by atoms with Gasteiger partial charge in [0.2, 0.25) is 0 Å². The van der Waals surface area contributed by atoms with Gasteiger partial charge in [-0.3, -0.25) is 14.9 Å². The van der Waals surface area contributed by atoms with Crippen molar-refractivity contribution in [1.29, 1.82) is 0 Å². The number of nitrogens with one attached hydrogen (secondary N) is 2. The van der Waals surface area contributed by atoms with Gasteiger partial charge in [-0.2, -0.15) is 0 Å². The molecule has 32 heavy (non-hydrogen) atoms. The number of urea groups is 1. The van der Waals surface area contributed by atoms with Crippen LogP contribution in [0.4, 0.5) is 13.6 Å². The van der Waals surface area contributed by atoms with Gasteiger partial charge in [0.1, 0.15) is 18.0 Å². The minimum Gasteiger partial charge on any atom is -0.488 e. The van der Waals surface area contributed by atoms with Crippen molar-refractivity contribution in [1.82, 2.24) is 10.6 Å². The lowest BCUT2D eigenvalue weighted by Gasteiger charge is -2.26. The van der Waals surface area contributed by atoms with Gasteiger partial charge in [0.25, 0.3) is 5.91 Å². The maximum absolute atomic E-state index is 14.2. The van der Waals surface area contributed by atoms with Crippen LogP contribution in [-0.2, 0) is 16.8 Å². The predicted molar refractivity (Wildman–Crippen MR) is 111 cm³/mol. The summed E-state index contributed by atoms with van der Waals surface area (Å²) in [6.07, 6.45) is 1.66. The van der Waals surface area contributed by atoms with E-state index in [2.05, 4.69) is 10.6 Å². The second kappa shape index (κ2) is 9.86. The number of aliphatic hydroxyl groups excluding tert-OH is 1. The van der Waals surface area contributed by atoms with Crippen LogP contribution in [0.25, 0.3) is 0 Å². The SMILES string of the molecule is CC(=O)c1cc(F)c(OCCO)cc1CCCCC1(c2ccc(F)cc2)NC(=O)NC1=O. The highest BCUT2D eigenvalue weighted by Crippen LogP contribution is 2.32. The molecule has 1 fully saturated rings. The number of carbonyl (C=O) groups is 3. The fourth-order valence-corrected chi connectivity index (χ4v) is 3.85. The Kier molecular flexibility index (Phi) is 7.19.